The van der Waals surface area contributed by atoms with Crippen LogP contribution in [0.4, 0.5) is 5.82 Å². The van der Waals surface area contributed by atoms with Gasteiger partial charge in [-0.3, -0.25) is 0 Å². The highest BCUT2D eigenvalue weighted by atomic mass is 35.5. The van der Waals surface area contributed by atoms with Crippen LogP contribution in [0.1, 0.15) is 5.56 Å². The summed E-state index contributed by atoms with van der Waals surface area (Å²) in [6.45, 7) is 0.895. The van der Waals surface area contributed by atoms with Gasteiger partial charge in [0.2, 0.25) is 5.82 Å². The van der Waals surface area contributed by atoms with E-state index < -0.39 is 0 Å². The molecule has 31 heavy (non-hydrogen) atoms. The van der Waals surface area contributed by atoms with Crippen molar-refractivity contribution in [3.8, 4) is 34.0 Å². The maximum atomic E-state index is 8.88. The van der Waals surface area contributed by atoms with Gasteiger partial charge in [0.15, 0.2) is 0 Å². The number of rotatable bonds is 8. The lowest BCUT2D eigenvalue weighted by molar-refractivity contribution is 0.185. The first-order valence-corrected chi connectivity index (χ1v) is 10.1. The van der Waals surface area contributed by atoms with Gasteiger partial charge in [-0.25, -0.2) is 4.98 Å². The standard InChI is InChI=1S/C23H21ClN4O3/c1-30-14-17-12-15(6-8-18(17)19-4-2-3-5-20(19)24)23-27-22(28-31-23)16-7-9-21(26-13-16)25-10-11-29/h2-9,12-13,29H,10-11,14H2,1H3,(H,25,26). The molecule has 0 atom stereocenters. The molecule has 0 spiro atoms. The molecule has 0 saturated carbocycles. The number of aliphatic hydroxyl groups is 1. The second-order valence-corrected chi connectivity index (χ2v) is 7.20. The van der Waals surface area contributed by atoms with Gasteiger partial charge in [-0.2, -0.15) is 4.98 Å². The second-order valence-electron chi connectivity index (χ2n) is 6.79. The summed E-state index contributed by atoms with van der Waals surface area (Å²) in [6, 6.07) is 17.2. The van der Waals surface area contributed by atoms with E-state index in [0.717, 1.165) is 27.8 Å². The Morgan fingerprint density at radius 3 is 2.65 bits per heavy atom. The predicted molar refractivity (Wildman–Crippen MR) is 120 cm³/mol. The number of aliphatic hydroxyl groups excluding tert-OH is 1. The molecule has 0 aliphatic rings. The molecular weight excluding hydrogens is 416 g/mol. The molecule has 2 heterocycles. The maximum absolute atomic E-state index is 8.88. The predicted octanol–water partition coefficient (Wildman–Crippen LogP) is 4.67. The van der Waals surface area contributed by atoms with Crippen LogP contribution < -0.4 is 5.32 Å². The van der Waals surface area contributed by atoms with Gasteiger partial charge in [0.25, 0.3) is 5.89 Å². The average molecular weight is 437 g/mol. The highest BCUT2D eigenvalue weighted by Crippen LogP contribution is 2.33. The van der Waals surface area contributed by atoms with Crippen molar-refractivity contribution in [3.05, 3.63) is 71.4 Å². The third kappa shape index (κ3) is 4.74. The summed E-state index contributed by atoms with van der Waals surface area (Å²) in [6.07, 6.45) is 1.66. The summed E-state index contributed by atoms with van der Waals surface area (Å²) >= 11 is 6.39. The largest absolute Gasteiger partial charge is 0.395 e. The molecule has 158 valence electrons. The normalized spacial score (nSPS) is 10.9. The van der Waals surface area contributed by atoms with Crippen molar-refractivity contribution in [1.82, 2.24) is 15.1 Å². The minimum atomic E-state index is 0.0396. The molecule has 2 N–H and O–H groups in total. The topological polar surface area (TPSA) is 93.3 Å². The number of halogens is 1. The molecule has 0 bridgehead atoms. The van der Waals surface area contributed by atoms with Crippen LogP contribution in [0.15, 0.2) is 65.3 Å². The Kier molecular flexibility index (Phi) is 6.57. The molecule has 0 aliphatic heterocycles. The number of nitrogens with zero attached hydrogens (tertiary/aromatic N) is 3. The number of hydrogen-bond acceptors (Lipinski definition) is 7. The number of benzene rings is 2. The molecule has 2 aromatic carbocycles. The zero-order valence-electron chi connectivity index (χ0n) is 16.9. The Hall–Kier alpha value is -3.26. The van der Waals surface area contributed by atoms with Crippen LogP contribution in [0, 0.1) is 0 Å². The van der Waals surface area contributed by atoms with Crippen LogP contribution in [-0.4, -0.2) is 40.5 Å². The summed E-state index contributed by atoms with van der Waals surface area (Å²) in [5, 5.41) is 16.6. The van der Waals surface area contributed by atoms with Crippen LogP contribution >= 0.6 is 11.6 Å². The Labute approximate surface area is 184 Å². The number of pyridine rings is 1. The number of ether oxygens (including phenoxy) is 1. The van der Waals surface area contributed by atoms with Gasteiger partial charge in [-0.15, -0.1) is 0 Å². The average Bonchev–Trinajstić information content (AvgIpc) is 3.29. The van der Waals surface area contributed by atoms with Crippen molar-refractivity contribution in [3.63, 3.8) is 0 Å². The molecular formula is C23H21ClN4O3. The number of hydrogen-bond donors (Lipinski definition) is 2. The molecule has 8 heteroatoms. The van der Waals surface area contributed by atoms with E-state index in [-0.39, 0.29) is 6.61 Å². The highest BCUT2D eigenvalue weighted by molar-refractivity contribution is 6.33. The SMILES string of the molecule is COCc1cc(-c2nc(-c3ccc(NCCO)nc3)no2)ccc1-c1ccccc1Cl. The maximum Gasteiger partial charge on any atom is 0.258 e. The Bertz CT molecular complexity index is 1160. The molecule has 2 aromatic heterocycles. The van der Waals surface area contributed by atoms with Gasteiger partial charge in [0.05, 0.1) is 13.2 Å². The first kappa shape index (κ1) is 21.0. The molecule has 0 radical (unpaired) electrons. The smallest absolute Gasteiger partial charge is 0.258 e. The molecule has 4 rings (SSSR count). The highest BCUT2D eigenvalue weighted by Gasteiger charge is 2.15. The lowest BCUT2D eigenvalue weighted by Gasteiger charge is -2.11. The molecule has 0 fully saturated rings. The third-order valence-electron chi connectivity index (χ3n) is 4.68. The van der Waals surface area contributed by atoms with E-state index in [4.69, 9.17) is 26.0 Å². The van der Waals surface area contributed by atoms with Crippen LogP contribution in [-0.2, 0) is 11.3 Å². The van der Waals surface area contributed by atoms with Gasteiger partial charge in [0, 0.05) is 41.6 Å². The minimum absolute atomic E-state index is 0.0396. The third-order valence-corrected chi connectivity index (χ3v) is 5.01. The van der Waals surface area contributed by atoms with E-state index in [2.05, 4.69) is 20.4 Å². The fraction of sp³-hybridized carbons (Fsp3) is 0.174. The summed E-state index contributed by atoms with van der Waals surface area (Å²) in [5.74, 6) is 1.51. The summed E-state index contributed by atoms with van der Waals surface area (Å²) < 4.78 is 10.9. The number of nitrogens with one attached hydrogen (secondary N) is 1. The number of anilines is 1. The molecule has 0 unspecified atom stereocenters. The van der Waals surface area contributed by atoms with Gasteiger partial charge in [0.1, 0.15) is 5.82 Å². The van der Waals surface area contributed by atoms with Crippen LogP contribution in [0.3, 0.4) is 0 Å². The molecule has 7 nitrogen and oxygen atoms in total. The van der Waals surface area contributed by atoms with E-state index in [1.165, 1.54) is 0 Å². The van der Waals surface area contributed by atoms with Crippen molar-refractivity contribution >= 4 is 17.4 Å². The van der Waals surface area contributed by atoms with Crippen molar-refractivity contribution in [2.45, 2.75) is 6.61 Å². The quantitative estimate of drug-likeness (QED) is 0.414. The van der Waals surface area contributed by atoms with Gasteiger partial charge >= 0.3 is 0 Å². The monoisotopic (exact) mass is 436 g/mol. The van der Waals surface area contributed by atoms with Crippen LogP contribution in [0.5, 0.6) is 0 Å². The van der Waals surface area contributed by atoms with Gasteiger partial charge in [-0.05, 0) is 41.5 Å². The number of methoxy groups -OCH3 is 1. The lowest BCUT2D eigenvalue weighted by Crippen LogP contribution is -2.06. The van der Waals surface area contributed by atoms with Crippen molar-refractivity contribution < 1.29 is 14.4 Å². The lowest BCUT2D eigenvalue weighted by atomic mass is 9.97. The van der Waals surface area contributed by atoms with Gasteiger partial charge in [-0.1, -0.05) is 41.0 Å². The van der Waals surface area contributed by atoms with Crippen molar-refractivity contribution in [2.75, 3.05) is 25.6 Å². The van der Waals surface area contributed by atoms with E-state index in [1.54, 1.807) is 19.4 Å². The van der Waals surface area contributed by atoms with Crippen molar-refractivity contribution in [2.24, 2.45) is 0 Å². The summed E-state index contributed by atoms with van der Waals surface area (Å²) in [4.78, 5) is 8.81. The zero-order valence-corrected chi connectivity index (χ0v) is 17.6. The molecule has 0 saturated heterocycles. The van der Waals surface area contributed by atoms with Crippen molar-refractivity contribution in [1.29, 1.82) is 0 Å². The van der Waals surface area contributed by atoms with E-state index in [1.807, 2.05) is 48.5 Å². The Balaban J connectivity index is 1.62. The second kappa shape index (κ2) is 9.70. The summed E-state index contributed by atoms with van der Waals surface area (Å²) in [7, 11) is 1.65. The fourth-order valence-electron chi connectivity index (χ4n) is 3.22. The fourth-order valence-corrected chi connectivity index (χ4v) is 3.45. The number of aromatic nitrogens is 3. The van der Waals surface area contributed by atoms with E-state index in [0.29, 0.717) is 35.7 Å². The van der Waals surface area contributed by atoms with Crippen LogP contribution in [0.2, 0.25) is 5.02 Å². The first-order chi connectivity index (χ1) is 15.2. The molecule has 4 aromatic rings. The molecule has 0 amide bonds. The Morgan fingerprint density at radius 2 is 1.90 bits per heavy atom. The first-order valence-electron chi connectivity index (χ1n) is 9.71. The van der Waals surface area contributed by atoms with Gasteiger partial charge < -0.3 is 19.7 Å². The summed E-state index contributed by atoms with van der Waals surface area (Å²) in [5.41, 5.74) is 4.42. The molecule has 0 aliphatic carbocycles. The zero-order chi connectivity index (χ0) is 21.6. The minimum Gasteiger partial charge on any atom is -0.395 e. The van der Waals surface area contributed by atoms with Crippen LogP contribution in [0.25, 0.3) is 34.0 Å². The Morgan fingerprint density at radius 1 is 1.06 bits per heavy atom. The van der Waals surface area contributed by atoms with E-state index in [9.17, 15) is 0 Å². The van der Waals surface area contributed by atoms with E-state index >= 15 is 0 Å².